The van der Waals surface area contributed by atoms with Gasteiger partial charge < -0.3 is 9.84 Å². The quantitative estimate of drug-likeness (QED) is 0.391. The van der Waals surface area contributed by atoms with Gasteiger partial charge in [0.15, 0.2) is 0 Å². The molecule has 7 nitrogen and oxygen atoms in total. The molecule has 1 aliphatic heterocycles. The van der Waals surface area contributed by atoms with Crippen LogP contribution in [0.4, 0.5) is 0 Å². The number of pyridine rings is 1. The maximum Gasteiger partial charge on any atom is 0.303 e. The lowest BCUT2D eigenvalue weighted by Crippen LogP contribution is -2.27. The van der Waals surface area contributed by atoms with E-state index in [1.54, 1.807) is 12.1 Å². The first-order valence-electron chi connectivity index (χ1n) is 11.0. The van der Waals surface area contributed by atoms with E-state index in [0.29, 0.717) is 34.9 Å². The van der Waals surface area contributed by atoms with Crippen molar-refractivity contribution in [1.29, 1.82) is 0 Å². The molecule has 0 spiro atoms. The van der Waals surface area contributed by atoms with E-state index < -0.39 is 12.0 Å². The van der Waals surface area contributed by atoms with E-state index in [1.807, 2.05) is 43.3 Å². The lowest BCUT2D eigenvalue weighted by atomic mass is 9.98. The number of carbonyl (C=O) groups is 2. The van der Waals surface area contributed by atoms with E-state index in [4.69, 9.17) is 33.0 Å². The van der Waals surface area contributed by atoms with Crippen LogP contribution in [0.25, 0.3) is 10.9 Å². The van der Waals surface area contributed by atoms with Gasteiger partial charge >= 0.3 is 5.97 Å². The molecule has 176 valence electrons. The number of amides is 1. The molecule has 1 unspecified atom stereocenters. The number of hydrogen-bond acceptors (Lipinski definition) is 5. The largest absolute Gasteiger partial charge is 0.494 e. The summed E-state index contributed by atoms with van der Waals surface area (Å²) in [6.45, 7) is 2.46. The number of halogens is 2. The second-order valence-corrected chi connectivity index (χ2v) is 8.71. The Morgan fingerprint density at radius 2 is 1.88 bits per heavy atom. The lowest BCUT2D eigenvalue weighted by Gasteiger charge is -2.23. The fourth-order valence-electron chi connectivity index (χ4n) is 3.93. The topological polar surface area (TPSA) is 92.1 Å². The summed E-state index contributed by atoms with van der Waals surface area (Å²) < 4.78 is 5.55. The van der Waals surface area contributed by atoms with Crippen molar-refractivity contribution in [2.45, 2.75) is 38.6 Å². The number of ether oxygens (including phenoxy) is 1. The van der Waals surface area contributed by atoms with Gasteiger partial charge in [0.2, 0.25) is 5.91 Å². The van der Waals surface area contributed by atoms with Crippen molar-refractivity contribution >= 4 is 51.7 Å². The summed E-state index contributed by atoms with van der Waals surface area (Å²) in [7, 11) is 0. The smallest absolute Gasteiger partial charge is 0.303 e. The maximum atomic E-state index is 13.1. The van der Waals surface area contributed by atoms with Gasteiger partial charge in [-0.15, -0.1) is 0 Å². The van der Waals surface area contributed by atoms with Crippen LogP contribution in [0.1, 0.15) is 49.8 Å². The SMILES string of the molecule is CCOc1ccc2cc(C3CC(c4ccc(Cl)cc4)=NN3C(=O)CCCC(=O)O)c(Cl)nc2c1. The maximum absolute atomic E-state index is 13.1. The molecule has 34 heavy (non-hydrogen) atoms. The van der Waals surface area contributed by atoms with Crippen LogP contribution < -0.4 is 4.74 Å². The van der Waals surface area contributed by atoms with Gasteiger partial charge in [-0.1, -0.05) is 35.3 Å². The molecule has 1 N–H and O–H groups in total. The molecule has 9 heteroatoms. The average Bonchev–Trinajstić information content (AvgIpc) is 3.24. The predicted molar refractivity (Wildman–Crippen MR) is 132 cm³/mol. The van der Waals surface area contributed by atoms with Crippen molar-refractivity contribution in [2.75, 3.05) is 6.61 Å². The molecule has 0 radical (unpaired) electrons. The van der Waals surface area contributed by atoms with Crippen LogP contribution in [-0.4, -0.2) is 39.3 Å². The van der Waals surface area contributed by atoms with E-state index in [0.717, 1.165) is 16.7 Å². The van der Waals surface area contributed by atoms with E-state index in [2.05, 4.69) is 10.1 Å². The van der Waals surface area contributed by atoms with Gasteiger partial charge in [-0.05, 0) is 49.2 Å². The summed E-state index contributed by atoms with van der Waals surface area (Å²) in [4.78, 5) is 28.5. The average molecular weight is 500 g/mol. The van der Waals surface area contributed by atoms with E-state index >= 15 is 0 Å². The predicted octanol–water partition coefficient (Wildman–Crippen LogP) is 5.87. The summed E-state index contributed by atoms with van der Waals surface area (Å²) >= 11 is 12.6. The van der Waals surface area contributed by atoms with Gasteiger partial charge in [0.1, 0.15) is 10.9 Å². The van der Waals surface area contributed by atoms with Gasteiger partial charge in [-0.3, -0.25) is 9.59 Å². The molecule has 3 aromatic rings. The Balaban J connectivity index is 1.68. The standard InChI is InChI=1S/C25H23Cl2N3O4/c1-2-34-18-11-8-16-12-19(25(27)28-20(16)13-18)22-14-21(15-6-9-17(26)10-7-15)29-30(22)23(31)4-3-5-24(32)33/h6-13,22H,2-5,14H2,1H3,(H,32,33). The monoisotopic (exact) mass is 499 g/mol. The first-order chi connectivity index (χ1) is 16.4. The van der Waals surface area contributed by atoms with Crippen LogP contribution in [-0.2, 0) is 9.59 Å². The van der Waals surface area contributed by atoms with Crippen molar-refractivity contribution in [2.24, 2.45) is 5.10 Å². The minimum Gasteiger partial charge on any atom is -0.494 e. The minimum absolute atomic E-state index is 0.0660. The van der Waals surface area contributed by atoms with Gasteiger partial charge in [-0.2, -0.15) is 5.10 Å². The summed E-state index contributed by atoms with van der Waals surface area (Å²) in [6.07, 6.45) is 0.651. The molecule has 0 bridgehead atoms. The molecule has 1 amide bonds. The zero-order valence-corrected chi connectivity index (χ0v) is 20.0. The normalized spacial score (nSPS) is 15.4. The fourth-order valence-corrected chi connectivity index (χ4v) is 4.33. The van der Waals surface area contributed by atoms with Crippen molar-refractivity contribution < 1.29 is 19.4 Å². The second kappa shape index (κ2) is 10.4. The highest BCUT2D eigenvalue weighted by Crippen LogP contribution is 2.38. The Hall–Kier alpha value is -3.16. The Morgan fingerprint density at radius 3 is 2.59 bits per heavy atom. The van der Waals surface area contributed by atoms with Gasteiger partial charge in [0, 0.05) is 41.3 Å². The van der Waals surface area contributed by atoms with Crippen LogP contribution in [0.2, 0.25) is 10.2 Å². The molecule has 2 aromatic carbocycles. The number of carboxylic acids is 1. The summed E-state index contributed by atoms with van der Waals surface area (Å²) in [6, 6.07) is 14.3. The number of carbonyl (C=O) groups excluding carboxylic acids is 1. The van der Waals surface area contributed by atoms with Crippen LogP contribution in [0.15, 0.2) is 53.6 Å². The summed E-state index contributed by atoms with van der Waals surface area (Å²) in [5.41, 5.74) is 2.94. The Labute approximate surface area is 206 Å². The number of nitrogens with zero attached hydrogens (tertiary/aromatic N) is 3. The molecule has 2 heterocycles. The number of aromatic nitrogens is 1. The van der Waals surface area contributed by atoms with Crippen molar-refractivity contribution in [1.82, 2.24) is 9.99 Å². The van der Waals surface area contributed by atoms with Crippen molar-refractivity contribution in [3.63, 3.8) is 0 Å². The van der Waals surface area contributed by atoms with Gasteiger partial charge in [0.05, 0.1) is 23.9 Å². The Kier molecular flexibility index (Phi) is 7.34. The summed E-state index contributed by atoms with van der Waals surface area (Å²) in [5, 5.41) is 16.7. The zero-order valence-electron chi connectivity index (χ0n) is 18.5. The van der Waals surface area contributed by atoms with Crippen LogP contribution in [0.3, 0.4) is 0 Å². The molecule has 0 saturated carbocycles. The van der Waals surface area contributed by atoms with Crippen LogP contribution in [0, 0.1) is 0 Å². The Bertz CT molecular complexity index is 1260. The highest BCUT2D eigenvalue weighted by molar-refractivity contribution is 6.31. The van der Waals surface area contributed by atoms with E-state index in [1.165, 1.54) is 5.01 Å². The minimum atomic E-state index is -0.940. The third-order valence-corrected chi connectivity index (χ3v) is 6.12. The number of hydrazone groups is 1. The zero-order chi connectivity index (χ0) is 24.2. The number of hydrogen-bond donors (Lipinski definition) is 1. The highest BCUT2D eigenvalue weighted by atomic mass is 35.5. The molecule has 1 aromatic heterocycles. The van der Waals surface area contributed by atoms with E-state index in [9.17, 15) is 9.59 Å². The third kappa shape index (κ3) is 5.32. The number of rotatable bonds is 8. The number of benzene rings is 2. The third-order valence-electron chi connectivity index (χ3n) is 5.56. The lowest BCUT2D eigenvalue weighted by molar-refractivity contribution is -0.137. The molecule has 0 saturated heterocycles. The molecule has 4 rings (SSSR count). The molecule has 0 fully saturated rings. The van der Waals surface area contributed by atoms with Gasteiger partial charge in [0.25, 0.3) is 0 Å². The van der Waals surface area contributed by atoms with Gasteiger partial charge in [-0.25, -0.2) is 9.99 Å². The number of carboxylic acid groups (broad SMARTS) is 1. The molecule has 0 aliphatic carbocycles. The number of fused-ring (bicyclic) bond motifs is 1. The molecule has 1 aliphatic rings. The van der Waals surface area contributed by atoms with Crippen molar-refractivity contribution in [3.8, 4) is 5.75 Å². The molecular weight excluding hydrogens is 477 g/mol. The van der Waals surface area contributed by atoms with Crippen LogP contribution in [0.5, 0.6) is 5.75 Å². The number of aliphatic carboxylic acids is 1. The van der Waals surface area contributed by atoms with Crippen molar-refractivity contribution in [3.05, 3.63) is 69.8 Å². The second-order valence-electron chi connectivity index (χ2n) is 7.92. The Morgan fingerprint density at radius 1 is 1.12 bits per heavy atom. The van der Waals surface area contributed by atoms with E-state index in [-0.39, 0.29) is 30.3 Å². The first kappa shape index (κ1) is 24.0. The first-order valence-corrected chi connectivity index (χ1v) is 11.7. The fraction of sp³-hybridized carbons (Fsp3) is 0.280. The molecule has 1 atom stereocenters. The highest BCUT2D eigenvalue weighted by Gasteiger charge is 2.34. The summed E-state index contributed by atoms with van der Waals surface area (Å²) in [5.74, 6) is -0.502. The molecular formula is C25H23Cl2N3O4. The van der Waals surface area contributed by atoms with Crippen LogP contribution >= 0.6 is 23.2 Å².